The molecule has 2 aromatic rings. The summed E-state index contributed by atoms with van der Waals surface area (Å²) < 4.78 is 14.2. The molecule has 2 heterocycles. The van der Waals surface area contributed by atoms with E-state index in [-0.39, 0.29) is 5.82 Å². The van der Waals surface area contributed by atoms with E-state index in [4.69, 9.17) is 5.26 Å². The Bertz CT molecular complexity index is 733. The molecule has 0 unspecified atom stereocenters. The van der Waals surface area contributed by atoms with Gasteiger partial charge in [0.15, 0.2) is 0 Å². The third-order valence-corrected chi connectivity index (χ3v) is 4.97. The molecule has 0 atom stereocenters. The largest absolute Gasteiger partial charge is 0.369 e. The molecule has 25 heavy (non-hydrogen) atoms. The van der Waals surface area contributed by atoms with Crippen LogP contribution in [0.5, 0.6) is 0 Å². The van der Waals surface area contributed by atoms with Gasteiger partial charge in [-0.2, -0.15) is 5.26 Å². The Morgan fingerprint density at radius 1 is 1.28 bits per heavy atom. The lowest BCUT2D eigenvalue weighted by Gasteiger charge is -2.38. The number of anilines is 1. The minimum Gasteiger partial charge on any atom is -0.369 e. The van der Waals surface area contributed by atoms with Crippen LogP contribution in [0.1, 0.15) is 24.1 Å². The molecule has 1 aliphatic heterocycles. The van der Waals surface area contributed by atoms with Crippen molar-refractivity contribution in [3.63, 3.8) is 0 Å². The van der Waals surface area contributed by atoms with Gasteiger partial charge in [0.05, 0.1) is 17.3 Å². The lowest BCUT2D eigenvalue weighted by Crippen LogP contribution is -2.44. The molecule has 0 bridgehead atoms. The average molecular weight is 338 g/mol. The molecule has 1 aromatic carbocycles. The van der Waals surface area contributed by atoms with E-state index in [1.54, 1.807) is 12.1 Å². The van der Waals surface area contributed by atoms with Crippen molar-refractivity contribution in [3.05, 3.63) is 59.7 Å². The van der Waals surface area contributed by atoms with E-state index in [0.717, 1.165) is 44.6 Å². The summed E-state index contributed by atoms with van der Waals surface area (Å²) in [5.74, 6) is -0.320. The van der Waals surface area contributed by atoms with Crippen LogP contribution in [-0.4, -0.2) is 42.6 Å². The van der Waals surface area contributed by atoms with Crippen LogP contribution in [0.15, 0.2) is 42.6 Å². The van der Waals surface area contributed by atoms with Gasteiger partial charge in [0, 0.05) is 51.0 Å². The predicted molar refractivity (Wildman–Crippen MR) is 96.9 cm³/mol. The van der Waals surface area contributed by atoms with Crippen molar-refractivity contribution in [2.75, 3.05) is 31.6 Å². The number of piperidine rings is 1. The number of hydrogen-bond acceptors (Lipinski definition) is 4. The molecule has 3 rings (SSSR count). The van der Waals surface area contributed by atoms with E-state index in [1.165, 1.54) is 6.07 Å². The molecule has 130 valence electrons. The number of hydrogen-bond donors (Lipinski definition) is 0. The van der Waals surface area contributed by atoms with Gasteiger partial charge in [0.1, 0.15) is 5.82 Å². The molecule has 0 amide bonds. The monoisotopic (exact) mass is 338 g/mol. The van der Waals surface area contributed by atoms with E-state index in [9.17, 15) is 4.39 Å². The van der Waals surface area contributed by atoms with Gasteiger partial charge < -0.3 is 9.80 Å². The number of nitriles is 1. The molecule has 1 fully saturated rings. The van der Waals surface area contributed by atoms with Crippen LogP contribution in [0.4, 0.5) is 10.1 Å². The van der Waals surface area contributed by atoms with E-state index in [2.05, 4.69) is 16.0 Å². The van der Waals surface area contributed by atoms with Gasteiger partial charge in [0.25, 0.3) is 0 Å². The van der Waals surface area contributed by atoms with Gasteiger partial charge in [0.2, 0.25) is 0 Å². The topological polar surface area (TPSA) is 43.2 Å². The molecule has 0 aliphatic carbocycles. The molecular formula is C20H23FN4. The van der Waals surface area contributed by atoms with Crippen molar-refractivity contribution in [2.45, 2.75) is 25.3 Å². The van der Waals surface area contributed by atoms with E-state index < -0.39 is 0 Å². The van der Waals surface area contributed by atoms with E-state index in [1.807, 2.05) is 36.3 Å². The van der Waals surface area contributed by atoms with Gasteiger partial charge in [-0.3, -0.25) is 4.98 Å². The third kappa shape index (κ3) is 4.34. The summed E-state index contributed by atoms with van der Waals surface area (Å²) in [6.45, 7) is 3.04. The Labute approximate surface area is 148 Å². The number of nitrogens with zero attached hydrogens (tertiary/aromatic N) is 4. The standard InChI is InChI=1S/C20H23FN4/c1-24(20-6-5-16(15-22)14-19(20)21)18-8-12-25(13-9-18)11-7-17-4-2-3-10-23-17/h2-6,10,14,18H,7-9,11-13H2,1H3. The van der Waals surface area contributed by atoms with Gasteiger partial charge in [-0.05, 0) is 43.2 Å². The molecule has 0 spiro atoms. The Morgan fingerprint density at radius 3 is 2.72 bits per heavy atom. The summed E-state index contributed by atoms with van der Waals surface area (Å²) in [6, 6.07) is 13.0. The maximum atomic E-state index is 14.2. The van der Waals surface area contributed by atoms with E-state index >= 15 is 0 Å². The number of halogens is 1. The second kappa shape index (κ2) is 8.09. The lowest BCUT2D eigenvalue weighted by atomic mass is 10.0. The van der Waals surface area contributed by atoms with Crippen LogP contribution >= 0.6 is 0 Å². The van der Waals surface area contributed by atoms with Crippen LogP contribution in [0, 0.1) is 17.1 Å². The fourth-order valence-electron chi connectivity index (χ4n) is 3.41. The van der Waals surface area contributed by atoms with Crippen molar-refractivity contribution in [3.8, 4) is 6.07 Å². The highest BCUT2D eigenvalue weighted by atomic mass is 19.1. The van der Waals surface area contributed by atoms with Gasteiger partial charge in [-0.15, -0.1) is 0 Å². The maximum Gasteiger partial charge on any atom is 0.147 e. The molecule has 1 saturated heterocycles. The average Bonchev–Trinajstić information content (AvgIpc) is 2.67. The number of benzene rings is 1. The van der Waals surface area contributed by atoms with Crippen LogP contribution in [0.25, 0.3) is 0 Å². The molecule has 0 N–H and O–H groups in total. The van der Waals surface area contributed by atoms with Crippen LogP contribution in [0.3, 0.4) is 0 Å². The first kappa shape index (κ1) is 17.4. The smallest absolute Gasteiger partial charge is 0.147 e. The lowest BCUT2D eigenvalue weighted by molar-refractivity contribution is 0.212. The Morgan fingerprint density at radius 2 is 2.08 bits per heavy atom. The first-order valence-electron chi connectivity index (χ1n) is 8.72. The Balaban J connectivity index is 1.52. The zero-order valence-electron chi connectivity index (χ0n) is 14.5. The van der Waals surface area contributed by atoms with Gasteiger partial charge in [-0.1, -0.05) is 6.07 Å². The first-order valence-corrected chi connectivity index (χ1v) is 8.72. The van der Waals surface area contributed by atoms with Crippen LogP contribution in [-0.2, 0) is 6.42 Å². The number of rotatable bonds is 5. The second-order valence-electron chi connectivity index (χ2n) is 6.53. The molecular weight excluding hydrogens is 315 g/mol. The van der Waals surface area contributed by atoms with Crippen molar-refractivity contribution in [1.82, 2.24) is 9.88 Å². The summed E-state index contributed by atoms with van der Waals surface area (Å²) in [5, 5.41) is 8.86. The number of aromatic nitrogens is 1. The quantitative estimate of drug-likeness (QED) is 0.839. The van der Waals surface area contributed by atoms with Gasteiger partial charge >= 0.3 is 0 Å². The number of likely N-dealkylation sites (tertiary alicyclic amines) is 1. The summed E-state index contributed by atoms with van der Waals surface area (Å²) in [7, 11) is 1.94. The van der Waals surface area contributed by atoms with Crippen LogP contribution < -0.4 is 4.90 Å². The maximum absolute atomic E-state index is 14.2. The highest BCUT2D eigenvalue weighted by Crippen LogP contribution is 2.25. The Hall–Kier alpha value is -2.45. The van der Waals surface area contributed by atoms with Crippen molar-refractivity contribution < 1.29 is 4.39 Å². The fraction of sp³-hybridized carbons (Fsp3) is 0.400. The zero-order valence-corrected chi connectivity index (χ0v) is 14.5. The minimum absolute atomic E-state index is 0.320. The summed E-state index contributed by atoms with van der Waals surface area (Å²) in [5.41, 5.74) is 2.06. The molecule has 1 aliphatic rings. The summed E-state index contributed by atoms with van der Waals surface area (Å²) in [4.78, 5) is 8.84. The zero-order chi connectivity index (χ0) is 17.6. The van der Waals surface area contributed by atoms with Crippen molar-refractivity contribution >= 4 is 5.69 Å². The predicted octanol–water partition coefficient (Wildman–Crippen LogP) is 3.24. The fourth-order valence-corrected chi connectivity index (χ4v) is 3.41. The minimum atomic E-state index is -0.320. The highest BCUT2D eigenvalue weighted by Gasteiger charge is 2.24. The molecule has 0 radical (unpaired) electrons. The molecule has 4 nitrogen and oxygen atoms in total. The molecule has 5 heteroatoms. The van der Waals surface area contributed by atoms with E-state index in [0.29, 0.717) is 17.3 Å². The van der Waals surface area contributed by atoms with Crippen molar-refractivity contribution in [2.24, 2.45) is 0 Å². The number of pyridine rings is 1. The summed E-state index contributed by atoms with van der Waals surface area (Å²) in [6.07, 6.45) is 4.82. The van der Waals surface area contributed by atoms with Crippen molar-refractivity contribution in [1.29, 1.82) is 5.26 Å². The Kier molecular flexibility index (Phi) is 5.62. The molecule has 1 aromatic heterocycles. The summed E-state index contributed by atoms with van der Waals surface area (Å²) >= 11 is 0. The second-order valence-corrected chi connectivity index (χ2v) is 6.53. The SMILES string of the molecule is CN(c1ccc(C#N)cc1F)C1CCN(CCc2ccccn2)CC1. The van der Waals surface area contributed by atoms with Crippen LogP contribution in [0.2, 0.25) is 0 Å². The third-order valence-electron chi connectivity index (χ3n) is 4.97. The van der Waals surface area contributed by atoms with Gasteiger partial charge in [-0.25, -0.2) is 4.39 Å². The first-order chi connectivity index (χ1) is 12.2. The normalized spacial score (nSPS) is 15.7. The molecule has 0 saturated carbocycles. The highest BCUT2D eigenvalue weighted by molar-refractivity contribution is 5.51.